The van der Waals surface area contributed by atoms with Crippen LogP contribution < -0.4 is 4.72 Å². The SMILES string of the molecule is Cc1cc(NS(=O)(=O)c2cc(F)cc(Cl)c2)n(-c2ccc([N+](=O)[O-])cc2)n1. The van der Waals surface area contributed by atoms with Crippen LogP contribution in [0.25, 0.3) is 5.69 Å². The van der Waals surface area contributed by atoms with Gasteiger partial charge in [-0.25, -0.2) is 17.5 Å². The van der Waals surface area contributed by atoms with Gasteiger partial charge in [0.05, 0.1) is 21.2 Å². The smallest absolute Gasteiger partial charge is 0.263 e. The van der Waals surface area contributed by atoms with Crippen LogP contribution in [-0.2, 0) is 10.0 Å². The molecule has 140 valence electrons. The van der Waals surface area contributed by atoms with Gasteiger partial charge in [0, 0.05) is 23.2 Å². The van der Waals surface area contributed by atoms with E-state index < -0.39 is 20.8 Å². The molecule has 0 fully saturated rings. The number of rotatable bonds is 5. The van der Waals surface area contributed by atoms with E-state index in [1.807, 2.05) is 0 Å². The molecule has 3 aromatic rings. The first kappa shape index (κ1) is 18.8. The van der Waals surface area contributed by atoms with Crippen molar-refractivity contribution in [1.82, 2.24) is 9.78 Å². The van der Waals surface area contributed by atoms with Crippen LogP contribution >= 0.6 is 11.6 Å². The van der Waals surface area contributed by atoms with Crippen molar-refractivity contribution in [3.05, 3.63) is 75.2 Å². The lowest BCUT2D eigenvalue weighted by atomic mass is 10.3. The molecule has 0 unspecified atom stereocenters. The summed E-state index contributed by atoms with van der Waals surface area (Å²) in [6.45, 7) is 1.65. The quantitative estimate of drug-likeness (QED) is 0.510. The molecule has 0 amide bonds. The largest absolute Gasteiger partial charge is 0.269 e. The molecule has 0 radical (unpaired) electrons. The molecule has 0 aliphatic rings. The number of non-ortho nitro benzene ring substituents is 1. The fourth-order valence-corrected chi connectivity index (χ4v) is 3.74. The third kappa shape index (κ3) is 4.07. The Morgan fingerprint density at radius 2 is 1.85 bits per heavy atom. The number of aromatic nitrogens is 2. The summed E-state index contributed by atoms with van der Waals surface area (Å²) < 4.78 is 42.3. The zero-order valence-electron chi connectivity index (χ0n) is 13.8. The molecule has 0 aliphatic heterocycles. The first-order valence-electron chi connectivity index (χ1n) is 7.46. The van der Waals surface area contributed by atoms with Gasteiger partial charge in [-0.3, -0.25) is 14.8 Å². The lowest BCUT2D eigenvalue weighted by molar-refractivity contribution is -0.384. The molecule has 1 heterocycles. The van der Waals surface area contributed by atoms with Crippen molar-refractivity contribution in [2.75, 3.05) is 4.72 Å². The summed E-state index contributed by atoms with van der Waals surface area (Å²) in [7, 11) is -4.14. The van der Waals surface area contributed by atoms with Crippen molar-refractivity contribution in [3.63, 3.8) is 0 Å². The summed E-state index contributed by atoms with van der Waals surface area (Å²) in [5, 5.41) is 14.9. The summed E-state index contributed by atoms with van der Waals surface area (Å²) in [5.74, 6) is -0.704. The van der Waals surface area contributed by atoms with Crippen LogP contribution in [0.3, 0.4) is 0 Å². The van der Waals surface area contributed by atoms with E-state index in [0.717, 1.165) is 18.2 Å². The second kappa shape index (κ2) is 6.97. The van der Waals surface area contributed by atoms with Crippen LogP contribution in [0.4, 0.5) is 15.9 Å². The maximum absolute atomic E-state index is 13.5. The third-order valence-electron chi connectivity index (χ3n) is 3.52. The zero-order valence-corrected chi connectivity index (χ0v) is 15.3. The van der Waals surface area contributed by atoms with E-state index in [9.17, 15) is 22.9 Å². The molecule has 11 heteroatoms. The Kier molecular flexibility index (Phi) is 4.85. The molecule has 0 bridgehead atoms. The van der Waals surface area contributed by atoms with Gasteiger partial charge in [-0.2, -0.15) is 5.10 Å². The van der Waals surface area contributed by atoms with Crippen LogP contribution in [-0.4, -0.2) is 23.1 Å². The number of benzene rings is 2. The molecular weight excluding hydrogens is 399 g/mol. The monoisotopic (exact) mass is 410 g/mol. The Labute approximate surface area is 158 Å². The molecule has 2 aromatic carbocycles. The Bertz CT molecular complexity index is 1110. The highest BCUT2D eigenvalue weighted by molar-refractivity contribution is 7.92. The van der Waals surface area contributed by atoms with Crippen LogP contribution in [0.1, 0.15) is 5.69 Å². The van der Waals surface area contributed by atoms with Crippen molar-refractivity contribution >= 4 is 33.1 Å². The summed E-state index contributed by atoms with van der Waals surface area (Å²) in [6, 6.07) is 9.84. The van der Waals surface area contributed by atoms with Crippen LogP contribution in [0.15, 0.2) is 53.4 Å². The minimum absolute atomic E-state index is 0.0598. The van der Waals surface area contributed by atoms with E-state index in [1.165, 1.54) is 35.0 Å². The molecule has 0 spiro atoms. The average molecular weight is 411 g/mol. The number of nitro groups is 1. The molecule has 0 saturated heterocycles. The first-order chi connectivity index (χ1) is 12.7. The third-order valence-corrected chi connectivity index (χ3v) is 5.07. The standard InChI is InChI=1S/C16H12ClFN4O4S/c1-10-6-16(20-27(25,26)15-8-11(17)7-12(18)9-15)21(19-10)13-2-4-14(5-3-13)22(23)24/h2-9,20H,1H3. The maximum Gasteiger partial charge on any atom is 0.269 e. The Balaban J connectivity index is 1.99. The van der Waals surface area contributed by atoms with Gasteiger partial charge in [-0.1, -0.05) is 11.6 Å². The zero-order chi connectivity index (χ0) is 19.8. The van der Waals surface area contributed by atoms with E-state index in [4.69, 9.17) is 11.6 Å². The van der Waals surface area contributed by atoms with Crippen LogP contribution in [0, 0.1) is 22.9 Å². The number of aryl methyl sites for hydroxylation is 1. The van der Waals surface area contributed by atoms with Gasteiger partial charge >= 0.3 is 0 Å². The first-order valence-corrected chi connectivity index (χ1v) is 9.32. The fourth-order valence-electron chi connectivity index (χ4n) is 2.36. The second-order valence-corrected chi connectivity index (χ2v) is 7.69. The normalized spacial score (nSPS) is 11.4. The van der Waals surface area contributed by atoms with Gasteiger partial charge in [0.15, 0.2) is 0 Å². The maximum atomic E-state index is 13.5. The molecule has 0 aliphatic carbocycles. The van der Waals surface area contributed by atoms with Crippen molar-refractivity contribution in [1.29, 1.82) is 0 Å². The second-order valence-electron chi connectivity index (χ2n) is 5.57. The highest BCUT2D eigenvalue weighted by Gasteiger charge is 2.20. The Morgan fingerprint density at radius 3 is 2.44 bits per heavy atom. The minimum Gasteiger partial charge on any atom is -0.263 e. The molecule has 27 heavy (non-hydrogen) atoms. The number of anilines is 1. The van der Waals surface area contributed by atoms with Gasteiger partial charge < -0.3 is 0 Å². The van der Waals surface area contributed by atoms with Crippen molar-refractivity contribution in [2.45, 2.75) is 11.8 Å². The summed E-state index contributed by atoms with van der Waals surface area (Å²) in [6.07, 6.45) is 0. The minimum atomic E-state index is -4.14. The van der Waals surface area contributed by atoms with Crippen molar-refractivity contribution in [3.8, 4) is 5.69 Å². The Morgan fingerprint density at radius 1 is 1.19 bits per heavy atom. The topological polar surface area (TPSA) is 107 Å². The van der Waals surface area contributed by atoms with Gasteiger partial charge in [-0.05, 0) is 37.3 Å². The van der Waals surface area contributed by atoms with Crippen molar-refractivity contribution in [2.24, 2.45) is 0 Å². The lowest BCUT2D eigenvalue weighted by Crippen LogP contribution is -2.16. The average Bonchev–Trinajstić information content (AvgIpc) is 2.93. The molecule has 0 saturated carbocycles. The Hall–Kier alpha value is -2.98. The number of nitrogens with zero attached hydrogens (tertiary/aromatic N) is 3. The fraction of sp³-hybridized carbons (Fsp3) is 0.0625. The van der Waals surface area contributed by atoms with E-state index >= 15 is 0 Å². The number of halogens is 2. The number of sulfonamides is 1. The molecule has 3 rings (SSSR count). The summed E-state index contributed by atoms with van der Waals surface area (Å²) in [4.78, 5) is 9.88. The highest BCUT2D eigenvalue weighted by Crippen LogP contribution is 2.24. The van der Waals surface area contributed by atoms with E-state index in [-0.39, 0.29) is 21.4 Å². The van der Waals surface area contributed by atoms with Crippen LogP contribution in [0.5, 0.6) is 0 Å². The predicted molar refractivity (Wildman–Crippen MR) is 97.2 cm³/mol. The number of nitrogens with one attached hydrogen (secondary N) is 1. The molecule has 0 atom stereocenters. The summed E-state index contributed by atoms with van der Waals surface area (Å²) in [5.41, 5.74) is 0.797. The van der Waals surface area contributed by atoms with E-state index in [0.29, 0.717) is 11.4 Å². The number of hydrogen-bond acceptors (Lipinski definition) is 5. The number of nitro benzene ring substituents is 1. The molecular formula is C16H12ClFN4O4S. The van der Waals surface area contributed by atoms with Gasteiger partial charge in [-0.15, -0.1) is 0 Å². The highest BCUT2D eigenvalue weighted by atomic mass is 35.5. The lowest BCUT2D eigenvalue weighted by Gasteiger charge is -2.11. The molecule has 8 nitrogen and oxygen atoms in total. The molecule has 1 aromatic heterocycles. The number of hydrogen-bond donors (Lipinski definition) is 1. The van der Waals surface area contributed by atoms with Crippen LogP contribution in [0.2, 0.25) is 5.02 Å². The van der Waals surface area contributed by atoms with Gasteiger partial charge in [0.2, 0.25) is 0 Å². The predicted octanol–water partition coefficient (Wildman–Crippen LogP) is 3.68. The van der Waals surface area contributed by atoms with Gasteiger partial charge in [0.25, 0.3) is 15.7 Å². The van der Waals surface area contributed by atoms with Gasteiger partial charge in [0.1, 0.15) is 11.6 Å². The van der Waals surface area contributed by atoms with E-state index in [1.54, 1.807) is 6.92 Å². The van der Waals surface area contributed by atoms with Crippen molar-refractivity contribution < 1.29 is 17.7 Å². The molecule has 1 N–H and O–H groups in total. The summed E-state index contributed by atoms with van der Waals surface area (Å²) >= 11 is 5.73. The van der Waals surface area contributed by atoms with E-state index in [2.05, 4.69) is 9.82 Å².